The first-order valence-corrected chi connectivity index (χ1v) is 7.39. The topological polar surface area (TPSA) is 87.4 Å². The first-order chi connectivity index (χ1) is 9.88. The zero-order chi connectivity index (χ0) is 15.6. The lowest BCUT2D eigenvalue weighted by Crippen LogP contribution is -2.52. The van der Waals surface area contributed by atoms with Crippen molar-refractivity contribution in [3.05, 3.63) is 28.3 Å². The van der Waals surface area contributed by atoms with Crippen LogP contribution in [0.25, 0.3) is 11.3 Å². The van der Waals surface area contributed by atoms with E-state index in [0.717, 1.165) is 16.3 Å². The highest BCUT2D eigenvalue weighted by Crippen LogP contribution is 2.23. The maximum absolute atomic E-state index is 12.3. The molecule has 0 unspecified atom stereocenters. The molecule has 0 aliphatic carbocycles. The summed E-state index contributed by atoms with van der Waals surface area (Å²) in [4.78, 5) is 16.7. The van der Waals surface area contributed by atoms with Crippen LogP contribution >= 0.6 is 11.3 Å². The number of carbonyl (C=O) groups excluding carboxylic acids is 1. The van der Waals surface area contributed by atoms with Gasteiger partial charge in [-0.05, 0) is 19.9 Å². The van der Waals surface area contributed by atoms with Crippen LogP contribution in [-0.4, -0.2) is 44.4 Å². The molecule has 0 atom stereocenters. The van der Waals surface area contributed by atoms with Gasteiger partial charge >= 0.3 is 0 Å². The maximum atomic E-state index is 12.3. The monoisotopic (exact) mass is 309 g/mol. The van der Waals surface area contributed by atoms with Crippen LogP contribution in [0.15, 0.2) is 17.6 Å². The lowest BCUT2D eigenvalue weighted by atomic mass is 10.1. The molecule has 2 heterocycles. The molecule has 0 radical (unpaired) electrons. The molecule has 7 heteroatoms. The van der Waals surface area contributed by atoms with Crippen LogP contribution in [0.1, 0.15) is 22.4 Å². The number of hydrogen-bond donors (Lipinski definition) is 3. The fourth-order valence-corrected chi connectivity index (χ4v) is 2.52. The molecule has 0 saturated carbocycles. The average Bonchev–Trinajstić information content (AvgIpc) is 3.04. The van der Waals surface area contributed by atoms with Gasteiger partial charge in [0.15, 0.2) is 0 Å². The SMILES string of the molecule is Cc1nc(-c2cc(C(=O)NC(C)(CO)CO)n(C)c2)cs1. The Hall–Kier alpha value is -1.70. The van der Waals surface area contributed by atoms with E-state index in [4.69, 9.17) is 0 Å². The first kappa shape index (κ1) is 15.7. The number of hydrogen-bond acceptors (Lipinski definition) is 5. The molecule has 6 nitrogen and oxygen atoms in total. The predicted octanol–water partition coefficient (Wildman–Crippen LogP) is 0.930. The molecule has 114 valence electrons. The van der Waals surface area contributed by atoms with Crippen LogP contribution in [0, 0.1) is 6.92 Å². The van der Waals surface area contributed by atoms with Gasteiger partial charge in [-0.3, -0.25) is 4.79 Å². The number of amides is 1. The lowest BCUT2D eigenvalue weighted by molar-refractivity contribution is 0.0717. The molecule has 0 aromatic carbocycles. The van der Waals surface area contributed by atoms with E-state index in [1.165, 1.54) is 0 Å². The highest BCUT2D eigenvalue weighted by Gasteiger charge is 2.26. The second-order valence-electron chi connectivity index (χ2n) is 5.31. The molecule has 0 spiro atoms. The van der Waals surface area contributed by atoms with Crippen LogP contribution in [0.5, 0.6) is 0 Å². The van der Waals surface area contributed by atoms with Crippen molar-refractivity contribution in [2.45, 2.75) is 19.4 Å². The number of aryl methyl sites for hydroxylation is 2. The van der Waals surface area contributed by atoms with Gasteiger partial charge < -0.3 is 20.1 Å². The van der Waals surface area contributed by atoms with E-state index in [0.29, 0.717) is 5.69 Å². The van der Waals surface area contributed by atoms with Crippen LogP contribution < -0.4 is 5.32 Å². The van der Waals surface area contributed by atoms with Crippen molar-refractivity contribution in [2.24, 2.45) is 7.05 Å². The standard InChI is InChI=1S/C14H19N3O3S/c1-9-15-11(6-21-9)10-4-12(17(3)5-10)13(20)16-14(2,7-18)8-19/h4-6,18-19H,7-8H2,1-3H3,(H,16,20). The van der Waals surface area contributed by atoms with Crippen molar-refractivity contribution < 1.29 is 15.0 Å². The van der Waals surface area contributed by atoms with Crippen LogP contribution in [-0.2, 0) is 7.05 Å². The molecule has 0 aliphatic rings. The number of nitrogens with one attached hydrogen (secondary N) is 1. The van der Waals surface area contributed by atoms with E-state index in [9.17, 15) is 15.0 Å². The Morgan fingerprint density at radius 3 is 2.67 bits per heavy atom. The van der Waals surface area contributed by atoms with Gasteiger partial charge in [0.25, 0.3) is 5.91 Å². The fraction of sp³-hybridized carbons (Fsp3) is 0.429. The van der Waals surface area contributed by atoms with Crippen molar-refractivity contribution >= 4 is 17.2 Å². The Morgan fingerprint density at radius 1 is 1.48 bits per heavy atom. The molecule has 2 rings (SSSR count). The van der Waals surface area contributed by atoms with E-state index >= 15 is 0 Å². The Balaban J connectivity index is 2.25. The largest absolute Gasteiger partial charge is 0.394 e. The Kier molecular flexibility index (Phi) is 4.46. The Morgan fingerprint density at radius 2 is 2.14 bits per heavy atom. The summed E-state index contributed by atoms with van der Waals surface area (Å²) in [6, 6.07) is 1.75. The highest BCUT2D eigenvalue weighted by atomic mass is 32.1. The summed E-state index contributed by atoms with van der Waals surface area (Å²) in [6.07, 6.45) is 1.83. The third kappa shape index (κ3) is 3.31. The minimum Gasteiger partial charge on any atom is -0.394 e. The van der Waals surface area contributed by atoms with Crippen molar-refractivity contribution in [2.75, 3.05) is 13.2 Å². The molecule has 0 bridgehead atoms. The third-order valence-corrected chi connectivity index (χ3v) is 4.04. The maximum Gasteiger partial charge on any atom is 0.268 e. The van der Waals surface area contributed by atoms with Gasteiger partial charge in [0.05, 0.1) is 29.5 Å². The molecule has 2 aromatic heterocycles. The van der Waals surface area contributed by atoms with Crippen molar-refractivity contribution in [3.8, 4) is 11.3 Å². The van der Waals surface area contributed by atoms with Gasteiger partial charge in [0.2, 0.25) is 0 Å². The fourth-order valence-electron chi connectivity index (χ4n) is 1.89. The summed E-state index contributed by atoms with van der Waals surface area (Å²) in [7, 11) is 1.77. The van der Waals surface area contributed by atoms with Gasteiger partial charge in [0.1, 0.15) is 5.69 Å². The molecule has 2 aromatic rings. The molecular weight excluding hydrogens is 290 g/mol. The van der Waals surface area contributed by atoms with Crippen LogP contribution in [0.4, 0.5) is 0 Å². The van der Waals surface area contributed by atoms with E-state index in [-0.39, 0.29) is 19.1 Å². The molecular formula is C14H19N3O3S. The smallest absolute Gasteiger partial charge is 0.268 e. The van der Waals surface area contributed by atoms with Gasteiger partial charge in [-0.1, -0.05) is 0 Å². The minimum absolute atomic E-state index is 0.336. The third-order valence-electron chi connectivity index (χ3n) is 3.27. The van der Waals surface area contributed by atoms with Gasteiger partial charge in [0, 0.05) is 24.2 Å². The van der Waals surface area contributed by atoms with Crippen molar-refractivity contribution in [1.82, 2.24) is 14.9 Å². The Bertz CT molecular complexity index is 644. The highest BCUT2D eigenvalue weighted by molar-refractivity contribution is 7.09. The van der Waals surface area contributed by atoms with Gasteiger partial charge in [-0.15, -0.1) is 11.3 Å². The predicted molar refractivity (Wildman–Crippen MR) is 81.3 cm³/mol. The summed E-state index contributed by atoms with van der Waals surface area (Å²) in [5.74, 6) is -0.346. The van der Waals surface area contributed by atoms with E-state index in [2.05, 4.69) is 10.3 Å². The van der Waals surface area contributed by atoms with Crippen LogP contribution in [0.2, 0.25) is 0 Å². The normalized spacial score (nSPS) is 11.7. The summed E-state index contributed by atoms with van der Waals surface area (Å²) in [6.45, 7) is 2.84. The number of thiazole rings is 1. The van der Waals surface area contributed by atoms with Crippen molar-refractivity contribution in [1.29, 1.82) is 0 Å². The molecule has 0 aliphatic heterocycles. The summed E-state index contributed by atoms with van der Waals surface area (Å²) >= 11 is 1.55. The Labute approximate surface area is 127 Å². The molecule has 3 N–H and O–H groups in total. The number of aromatic nitrogens is 2. The van der Waals surface area contributed by atoms with E-state index in [1.54, 1.807) is 35.9 Å². The number of nitrogens with zero attached hydrogens (tertiary/aromatic N) is 2. The average molecular weight is 309 g/mol. The molecule has 1 amide bonds. The van der Waals surface area contributed by atoms with Gasteiger partial charge in [-0.2, -0.15) is 0 Å². The molecule has 21 heavy (non-hydrogen) atoms. The number of carbonyl (C=O) groups is 1. The van der Waals surface area contributed by atoms with Gasteiger partial charge in [-0.25, -0.2) is 4.98 Å². The second-order valence-corrected chi connectivity index (χ2v) is 6.37. The summed E-state index contributed by atoms with van der Waals surface area (Å²) in [5, 5.41) is 24.0. The van der Waals surface area contributed by atoms with Crippen LogP contribution in [0.3, 0.4) is 0 Å². The molecule has 0 fully saturated rings. The number of aliphatic hydroxyl groups excluding tert-OH is 2. The summed E-state index contributed by atoms with van der Waals surface area (Å²) in [5.41, 5.74) is 1.10. The van der Waals surface area contributed by atoms with E-state index in [1.807, 2.05) is 18.5 Å². The van der Waals surface area contributed by atoms with E-state index < -0.39 is 5.54 Å². The zero-order valence-corrected chi connectivity index (χ0v) is 13.1. The minimum atomic E-state index is -1.04. The molecule has 0 saturated heterocycles. The first-order valence-electron chi connectivity index (χ1n) is 6.51. The number of rotatable bonds is 5. The lowest BCUT2D eigenvalue weighted by Gasteiger charge is -2.26. The second kappa shape index (κ2) is 5.97. The zero-order valence-electron chi connectivity index (χ0n) is 12.3. The number of aliphatic hydroxyl groups is 2. The quantitative estimate of drug-likeness (QED) is 0.767. The summed E-state index contributed by atoms with van der Waals surface area (Å²) < 4.78 is 1.70. The van der Waals surface area contributed by atoms with Crippen molar-refractivity contribution in [3.63, 3.8) is 0 Å².